The van der Waals surface area contributed by atoms with E-state index in [0.29, 0.717) is 34.5 Å². The summed E-state index contributed by atoms with van der Waals surface area (Å²) in [6.45, 7) is 0.582. The number of benzene rings is 2. The quantitative estimate of drug-likeness (QED) is 0.402. The lowest BCUT2D eigenvalue weighted by molar-refractivity contribution is 0.00706. The number of nitrogens with zero attached hydrogens (tertiary/aromatic N) is 2. The van der Waals surface area contributed by atoms with Crippen LogP contribution in [0.15, 0.2) is 54.6 Å². The van der Waals surface area contributed by atoms with Gasteiger partial charge in [0.15, 0.2) is 11.8 Å². The van der Waals surface area contributed by atoms with Gasteiger partial charge in [-0.1, -0.05) is 60.1 Å². The van der Waals surface area contributed by atoms with Crippen LogP contribution in [0.5, 0.6) is 6.01 Å². The van der Waals surface area contributed by atoms with Crippen LogP contribution in [0.25, 0.3) is 33.5 Å². The fraction of sp³-hybridized carbons (Fsp3) is 0.280. The lowest BCUT2D eigenvalue weighted by Crippen LogP contribution is -2.34. The monoisotopic (exact) mass is 479 g/mol. The number of rotatable bonds is 5. The van der Waals surface area contributed by atoms with Gasteiger partial charge >= 0.3 is 0 Å². The maximum Gasteiger partial charge on any atom is 0.296 e. The van der Waals surface area contributed by atoms with Gasteiger partial charge in [-0.2, -0.15) is 4.98 Å². The molecule has 0 aliphatic carbocycles. The molecule has 0 spiro atoms. The van der Waals surface area contributed by atoms with Crippen LogP contribution in [0.4, 0.5) is 0 Å². The average Bonchev–Trinajstić information content (AvgIpc) is 3.55. The van der Waals surface area contributed by atoms with Crippen LogP contribution >= 0.6 is 11.6 Å². The van der Waals surface area contributed by atoms with Crippen molar-refractivity contribution in [2.45, 2.75) is 31.0 Å². The highest BCUT2D eigenvalue weighted by Gasteiger charge is 2.48. The SMILES string of the molecule is OCc1ccc(-c2ccc(-c3nc4nc(O[C@@H]5CO[C@H]6[C@@H]5OC[C@H]6O)[nH]c4cc3Cl)cc2)cc1. The van der Waals surface area contributed by atoms with Crippen LogP contribution in [0.2, 0.25) is 5.02 Å². The first-order valence-corrected chi connectivity index (χ1v) is 11.4. The maximum absolute atomic E-state index is 9.91. The number of H-pyrrole nitrogens is 1. The number of pyridine rings is 1. The first-order chi connectivity index (χ1) is 16.6. The number of aliphatic hydroxyl groups is 2. The topological polar surface area (TPSA) is 110 Å². The molecular formula is C25H22ClN3O5. The number of aromatic nitrogens is 3. The third kappa shape index (κ3) is 3.83. The fourth-order valence-corrected chi connectivity index (χ4v) is 4.73. The molecule has 2 fully saturated rings. The van der Waals surface area contributed by atoms with Crippen molar-refractivity contribution >= 4 is 22.8 Å². The summed E-state index contributed by atoms with van der Waals surface area (Å²) in [5.74, 6) is 0. The number of ether oxygens (including phenoxy) is 3. The highest BCUT2D eigenvalue weighted by Crippen LogP contribution is 2.33. The number of fused-ring (bicyclic) bond motifs is 2. The molecule has 174 valence electrons. The zero-order valence-corrected chi connectivity index (χ0v) is 18.8. The fourth-order valence-electron chi connectivity index (χ4n) is 4.47. The summed E-state index contributed by atoms with van der Waals surface area (Å²) < 4.78 is 17.2. The van der Waals surface area contributed by atoms with Gasteiger partial charge in [-0.15, -0.1) is 0 Å². The van der Waals surface area contributed by atoms with E-state index in [2.05, 4.69) is 15.0 Å². The molecule has 4 heterocycles. The molecule has 0 radical (unpaired) electrons. The van der Waals surface area contributed by atoms with Crippen molar-refractivity contribution in [3.05, 3.63) is 65.2 Å². The van der Waals surface area contributed by atoms with Gasteiger partial charge in [0.2, 0.25) is 0 Å². The van der Waals surface area contributed by atoms with Gasteiger partial charge in [-0.05, 0) is 22.8 Å². The molecule has 2 aromatic heterocycles. The molecule has 3 N–H and O–H groups in total. The Bertz CT molecular complexity index is 1330. The van der Waals surface area contributed by atoms with Gasteiger partial charge in [0, 0.05) is 5.56 Å². The standard InChI is InChI=1S/C25H22ClN3O5/c26-17-9-18-24(29-25(27-18)34-20-12-33-22-19(31)11-32-23(20)22)28-21(17)16-7-5-15(6-8-16)14-3-1-13(10-30)2-4-14/h1-9,19-20,22-23,30-31H,10-12H2,(H,27,28,29)/t19-,20-,22-,23-/m1/s1. The molecule has 34 heavy (non-hydrogen) atoms. The summed E-state index contributed by atoms with van der Waals surface area (Å²) >= 11 is 6.55. The first kappa shape index (κ1) is 21.5. The summed E-state index contributed by atoms with van der Waals surface area (Å²) in [6, 6.07) is 17.8. The van der Waals surface area contributed by atoms with Crippen LogP contribution in [0, 0.1) is 0 Å². The molecule has 9 heteroatoms. The van der Waals surface area contributed by atoms with Crippen molar-refractivity contribution in [1.29, 1.82) is 0 Å². The van der Waals surface area contributed by atoms with Gasteiger partial charge in [0.25, 0.3) is 6.01 Å². The second kappa shape index (κ2) is 8.65. The molecular weight excluding hydrogens is 458 g/mol. The Morgan fingerprint density at radius 3 is 2.35 bits per heavy atom. The predicted octanol–water partition coefficient (Wildman–Crippen LogP) is 3.34. The van der Waals surface area contributed by atoms with Gasteiger partial charge in [0.1, 0.15) is 18.3 Å². The van der Waals surface area contributed by atoms with Crippen molar-refractivity contribution in [3.63, 3.8) is 0 Å². The Kier molecular flexibility index (Phi) is 5.47. The normalized spacial score (nSPS) is 24.0. The molecule has 8 nitrogen and oxygen atoms in total. The van der Waals surface area contributed by atoms with Crippen molar-refractivity contribution in [1.82, 2.24) is 15.0 Å². The maximum atomic E-state index is 9.91. The largest absolute Gasteiger partial charge is 0.456 e. The Labute approximate surface area is 200 Å². The molecule has 0 saturated carbocycles. The third-order valence-corrected chi connectivity index (χ3v) is 6.57. The summed E-state index contributed by atoms with van der Waals surface area (Å²) in [7, 11) is 0. The van der Waals surface area contributed by atoms with Gasteiger partial charge in [0.05, 0.1) is 36.1 Å². The Hall–Kier alpha value is -3.01. The number of hydrogen-bond donors (Lipinski definition) is 3. The van der Waals surface area contributed by atoms with Crippen LogP contribution < -0.4 is 4.74 Å². The minimum absolute atomic E-state index is 0.0260. The number of aliphatic hydroxyl groups excluding tert-OH is 2. The van der Waals surface area contributed by atoms with E-state index >= 15 is 0 Å². The van der Waals surface area contributed by atoms with Crippen LogP contribution in [0.1, 0.15) is 5.56 Å². The first-order valence-electron chi connectivity index (χ1n) is 11.0. The lowest BCUT2D eigenvalue weighted by Gasteiger charge is -2.15. The molecule has 0 amide bonds. The molecule has 0 unspecified atom stereocenters. The van der Waals surface area contributed by atoms with E-state index in [0.717, 1.165) is 22.3 Å². The summed E-state index contributed by atoms with van der Waals surface area (Å²) in [5, 5.41) is 19.6. The molecule has 4 atom stereocenters. The minimum Gasteiger partial charge on any atom is -0.456 e. The van der Waals surface area contributed by atoms with E-state index < -0.39 is 6.10 Å². The highest BCUT2D eigenvalue weighted by molar-refractivity contribution is 6.33. The van der Waals surface area contributed by atoms with Crippen LogP contribution in [-0.4, -0.2) is 62.8 Å². The Morgan fingerprint density at radius 2 is 1.62 bits per heavy atom. The molecule has 6 rings (SSSR count). The van der Waals surface area contributed by atoms with E-state index in [1.54, 1.807) is 6.07 Å². The van der Waals surface area contributed by atoms with Crippen LogP contribution in [-0.2, 0) is 16.1 Å². The second-order valence-corrected chi connectivity index (χ2v) is 8.89. The number of nitrogens with one attached hydrogen (secondary N) is 1. The highest BCUT2D eigenvalue weighted by atomic mass is 35.5. The van der Waals surface area contributed by atoms with Crippen molar-refractivity contribution in [2.24, 2.45) is 0 Å². The smallest absolute Gasteiger partial charge is 0.296 e. The zero-order chi connectivity index (χ0) is 23.2. The van der Waals surface area contributed by atoms with Crippen molar-refractivity contribution < 1.29 is 24.4 Å². The van der Waals surface area contributed by atoms with E-state index in [4.69, 9.17) is 25.8 Å². The van der Waals surface area contributed by atoms with E-state index in [1.165, 1.54) is 0 Å². The van der Waals surface area contributed by atoms with Crippen LogP contribution in [0.3, 0.4) is 0 Å². The average molecular weight is 480 g/mol. The van der Waals surface area contributed by atoms with Gasteiger partial charge in [-0.3, -0.25) is 0 Å². The zero-order valence-electron chi connectivity index (χ0n) is 18.0. The molecule has 2 aliphatic heterocycles. The summed E-state index contributed by atoms with van der Waals surface area (Å²) in [6.07, 6.45) is -1.70. The number of aromatic amines is 1. The minimum atomic E-state index is -0.636. The van der Waals surface area contributed by atoms with Gasteiger partial charge < -0.3 is 29.4 Å². The summed E-state index contributed by atoms with van der Waals surface area (Å²) in [4.78, 5) is 12.2. The third-order valence-electron chi connectivity index (χ3n) is 6.28. The van der Waals surface area contributed by atoms with Gasteiger partial charge in [-0.25, -0.2) is 4.98 Å². The van der Waals surface area contributed by atoms with E-state index in [9.17, 15) is 10.2 Å². The molecule has 2 saturated heterocycles. The van der Waals surface area contributed by atoms with Crippen molar-refractivity contribution in [2.75, 3.05) is 13.2 Å². The van der Waals surface area contributed by atoms with E-state index in [-0.39, 0.29) is 31.5 Å². The Balaban J connectivity index is 1.24. The molecule has 2 aliphatic rings. The number of imidazole rings is 1. The molecule has 0 bridgehead atoms. The predicted molar refractivity (Wildman–Crippen MR) is 126 cm³/mol. The summed E-state index contributed by atoms with van der Waals surface area (Å²) in [5.41, 5.74) is 5.63. The number of halogens is 1. The Morgan fingerprint density at radius 1 is 0.941 bits per heavy atom. The molecule has 4 aromatic rings. The van der Waals surface area contributed by atoms with Crippen molar-refractivity contribution in [3.8, 4) is 28.4 Å². The lowest BCUT2D eigenvalue weighted by atomic mass is 10.0. The molecule has 2 aromatic carbocycles. The second-order valence-electron chi connectivity index (χ2n) is 8.48. The number of hydrogen-bond acceptors (Lipinski definition) is 7. The van der Waals surface area contributed by atoms with E-state index in [1.807, 2.05) is 48.5 Å².